The Hall–Kier alpha value is -2.62. The number of rotatable bonds is 8. The van der Waals surface area contributed by atoms with Crippen LogP contribution in [-0.4, -0.2) is 22.2 Å². The molecule has 0 spiro atoms. The van der Waals surface area contributed by atoms with Crippen molar-refractivity contribution in [2.24, 2.45) is 0 Å². The van der Waals surface area contributed by atoms with Gasteiger partial charge in [-0.15, -0.1) is 0 Å². The van der Waals surface area contributed by atoms with Crippen LogP contribution in [0.15, 0.2) is 60.7 Å². The maximum Gasteiger partial charge on any atom is 0.325 e. The molecule has 1 unspecified atom stereocenters. The van der Waals surface area contributed by atoms with Crippen LogP contribution in [-0.2, 0) is 15.0 Å². The third-order valence-electron chi connectivity index (χ3n) is 4.63. The van der Waals surface area contributed by atoms with Gasteiger partial charge >= 0.3 is 11.9 Å². The molecule has 0 fully saturated rings. The standard InChI is InChI=1S/C20H22O4/c1-2-15(16-9-5-3-6-10-16)13-14-20(18(21)22,19(23)24)17-11-7-4-8-12-17/h3-12,15H,2,13-14H2,1H3,(H,21,22)(H,23,24). The van der Waals surface area contributed by atoms with Crippen LogP contribution < -0.4 is 0 Å². The van der Waals surface area contributed by atoms with E-state index >= 15 is 0 Å². The van der Waals surface area contributed by atoms with Crippen LogP contribution >= 0.6 is 0 Å². The van der Waals surface area contributed by atoms with E-state index in [9.17, 15) is 19.8 Å². The smallest absolute Gasteiger partial charge is 0.325 e. The molecule has 4 heteroatoms. The fraction of sp³-hybridized carbons (Fsp3) is 0.300. The fourth-order valence-electron chi connectivity index (χ4n) is 3.14. The second-order valence-electron chi connectivity index (χ2n) is 5.94. The fourth-order valence-corrected chi connectivity index (χ4v) is 3.14. The first-order chi connectivity index (χ1) is 11.5. The molecule has 2 aromatic rings. The summed E-state index contributed by atoms with van der Waals surface area (Å²) < 4.78 is 0. The van der Waals surface area contributed by atoms with E-state index in [1.165, 1.54) is 0 Å². The van der Waals surface area contributed by atoms with Crippen molar-refractivity contribution in [3.8, 4) is 0 Å². The van der Waals surface area contributed by atoms with Gasteiger partial charge in [-0.05, 0) is 36.3 Å². The molecule has 2 rings (SSSR count). The summed E-state index contributed by atoms with van der Waals surface area (Å²) in [7, 11) is 0. The molecule has 0 aromatic heterocycles. The maximum atomic E-state index is 11.9. The van der Waals surface area contributed by atoms with Crippen molar-refractivity contribution >= 4 is 11.9 Å². The van der Waals surface area contributed by atoms with Crippen LogP contribution in [0.2, 0.25) is 0 Å². The lowest BCUT2D eigenvalue weighted by Gasteiger charge is -2.27. The highest BCUT2D eigenvalue weighted by molar-refractivity contribution is 6.04. The summed E-state index contributed by atoms with van der Waals surface area (Å²) in [6.45, 7) is 2.03. The molecule has 0 heterocycles. The number of carboxylic acids is 2. The Morgan fingerprint density at radius 2 is 1.42 bits per heavy atom. The third kappa shape index (κ3) is 3.48. The molecule has 0 bridgehead atoms. The highest BCUT2D eigenvalue weighted by atomic mass is 16.4. The molecule has 0 saturated heterocycles. The van der Waals surface area contributed by atoms with Gasteiger partial charge in [0.2, 0.25) is 0 Å². The lowest BCUT2D eigenvalue weighted by Crippen LogP contribution is -2.44. The van der Waals surface area contributed by atoms with Crippen molar-refractivity contribution in [2.45, 2.75) is 37.5 Å². The predicted molar refractivity (Wildman–Crippen MR) is 92.1 cm³/mol. The molecule has 0 aliphatic heterocycles. The van der Waals surface area contributed by atoms with Gasteiger partial charge in [0.05, 0.1) is 0 Å². The van der Waals surface area contributed by atoms with Crippen LogP contribution in [0.1, 0.15) is 43.2 Å². The molecule has 2 aromatic carbocycles. The number of carbonyl (C=O) groups is 2. The largest absolute Gasteiger partial charge is 0.480 e. The second-order valence-corrected chi connectivity index (χ2v) is 5.94. The van der Waals surface area contributed by atoms with E-state index in [4.69, 9.17) is 0 Å². The Bertz CT molecular complexity index is 665. The molecule has 24 heavy (non-hydrogen) atoms. The summed E-state index contributed by atoms with van der Waals surface area (Å²) in [6, 6.07) is 18.1. The van der Waals surface area contributed by atoms with Gasteiger partial charge in [0.15, 0.2) is 5.41 Å². The zero-order valence-electron chi connectivity index (χ0n) is 13.7. The molecule has 0 amide bonds. The minimum absolute atomic E-state index is 0.0507. The van der Waals surface area contributed by atoms with E-state index in [1.807, 2.05) is 37.3 Å². The molecule has 0 aliphatic carbocycles. The van der Waals surface area contributed by atoms with Crippen molar-refractivity contribution in [2.75, 3.05) is 0 Å². The number of benzene rings is 2. The van der Waals surface area contributed by atoms with Crippen LogP contribution in [0.5, 0.6) is 0 Å². The Morgan fingerprint density at radius 1 is 0.917 bits per heavy atom. The summed E-state index contributed by atoms with van der Waals surface area (Å²) in [6.07, 6.45) is 1.37. The van der Waals surface area contributed by atoms with Crippen molar-refractivity contribution in [1.29, 1.82) is 0 Å². The number of hydrogen-bond acceptors (Lipinski definition) is 2. The Kier molecular flexibility index (Phi) is 5.74. The first-order valence-electron chi connectivity index (χ1n) is 8.09. The van der Waals surface area contributed by atoms with Gasteiger partial charge in [0.1, 0.15) is 0 Å². The molecule has 2 N–H and O–H groups in total. The van der Waals surface area contributed by atoms with E-state index in [0.29, 0.717) is 12.0 Å². The summed E-state index contributed by atoms with van der Waals surface area (Å²) in [5, 5.41) is 19.4. The monoisotopic (exact) mass is 326 g/mol. The normalized spacial score (nSPS) is 12.5. The number of aliphatic carboxylic acids is 2. The maximum absolute atomic E-state index is 11.9. The quantitative estimate of drug-likeness (QED) is 0.717. The summed E-state index contributed by atoms with van der Waals surface area (Å²) in [4.78, 5) is 23.8. The van der Waals surface area contributed by atoms with Gasteiger partial charge in [0.25, 0.3) is 0 Å². The molecule has 0 radical (unpaired) electrons. The van der Waals surface area contributed by atoms with Crippen LogP contribution in [0.4, 0.5) is 0 Å². The summed E-state index contributed by atoms with van der Waals surface area (Å²) in [5.41, 5.74) is -0.491. The van der Waals surface area contributed by atoms with Crippen LogP contribution in [0.3, 0.4) is 0 Å². The van der Waals surface area contributed by atoms with Crippen LogP contribution in [0.25, 0.3) is 0 Å². The summed E-state index contributed by atoms with van der Waals surface area (Å²) >= 11 is 0. The highest BCUT2D eigenvalue weighted by Crippen LogP contribution is 2.35. The van der Waals surface area contributed by atoms with E-state index in [-0.39, 0.29) is 12.3 Å². The van der Waals surface area contributed by atoms with E-state index in [1.54, 1.807) is 30.3 Å². The third-order valence-corrected chi connectivity index (χ3v) is 4.63. The summed E-state index contributed by atoms with van der Waals surface area (Å²) in [5.74, 6) is -2.50. The first kappa shape index (κ1) is 17.7. The predicted octanol–water partition coefficient (Wildman–Crippen LogP) is 4.07. The minimum Gasteiger partial charge on any atom is -0.480 e. The molecule has 126 valence electrons. The zero-order valence-corrected chi connectivity index (χ0v) is 13.7. The molecule has 0 aliphatic rings. The van der Waals surface area contributed by atoms with E-state index in [2.05, 4.69) is 0 Å². The van der Waals surface area contributed by atoms with Gasteiger partial charge < -0.3 is 10.2 Å². The zero-order chi connectivity index (χ0) is 17.6. The van der Waals surface area contributed by atoms with Crippen molar-refractivity contribution in [1.82, 2.24) is 0 Å². The lowest BCUT2D eigenvalue weighted by atomic mass is 9.74. The Morgan fingerprint density at radius 3 is 1.88 bits per heavy atom. The molecule has 0 saturated carbocycles. The van der Waals surface area contributed by atoms with Crippen molar-refractivity contribution < 1.29 is 19.8 Å². The first-order valence-corrected chi connectivity index (χ1v) is 8.09. The molecule has 4 nitrogen and oxygen atoms in total. The van der Waals surface area contributed by atoms with E-state index in [0.717, 1.165) is 12.0 Å². The van der Waals surface area contributed by atoms with Gasteiger partial charge in [0, 0.05) is 0 Å². The minimum atomic E-state index is -1.91. The van der Waals surface area contributed by atoms with E-state index < -0.39 is 17.4 Å². The topological polar surface area (TPSA) is 74.6 Å². The van der Waals surface area contributed by atoms with Gasteiger partial charge in [-0.25, -0.2) is 0 Å². The molecular formula is C20H22O4. The average Bonchev–Trinajstić information content (AvgIpc) is 2.60. The molecular weight excluding hydrogens is 304 g/mol. The van der Waals surface area contributed by atoms with Gasteiger partial charge in [-0.3, -0.25) is 9.59 Å². The van der Waals surface area contributed by atoms with Crippen molar-refractivity contribution in [3.63, 3.8) is 0 Å². The number of hydrogen-bond donors (Lipinski definition) is 2. The Labute approximate surface area is 141 Å². The van der Waals surface area contributed by atoms with Crippen molar-refractivity contribution in [3.05, 3.63) is 71.8 Å². The lowest BCUT2D eigenvalue weighted by molar-refractivity contribution is -0.158. The molecule has 1 atom stereocenters. The van der Waals surface area contributed by atoms with Gasteiger partial charge in [-0.1, -0.05) is 67.6 Å². The SMILES string of the molecule is CCC(CCC(C(=O)O)(C(=O)O)c1ccccc1)c1ccccc1. The Balaban J connectivity index is 2.32. The average molecular weight is 326 g/mol. The second kappa shape index (κ2) is 7.77. The van der Waals surface area contributed by atoms with Gasteiger partial charge in [-0.2, -0.15) is 0 Å². The number of carboxylic acid groups (broad SMARTS) is 2. The van der Waals surface area contributed by atoms with Crippen LogP contribution in [0, 0.1) is 0 Å². The highest BCUT2D eigenvalue weighted by Gasteiger charge is 2.48.